The van der Waals surface area contributed by atoms with Crippen LogP contribution in [-0.2, 0) is 16.4 Å². The molecule has 0 aliphatic carbocycles. The molecule has 0 unspecified atom stereocenters. The van der Waals surface area contributed by atoms with Crippen LogP contribution in [0.15, 0.2) is 76.7 Å². The molecule has 0 bridgehead atoms. The van der Waals surface area contributed by atoms with Crippen LogP contribution in [0.3, 0.4) is 0 Å². The van der Waals surface area contributed by atoms with Crippen LogP contribution in [0.25, 0.3) is 11.8 Å². The molecule has 2 aromatic carbocycles. The van der Waals surface area contributed by atoms with E-state index in [-0.39, 0.29) is 54.0 Å². The number of carbonyl (C=O) groups excluding carboxylic acids is 1. The smallest absolute Gasteiger partial charge is 0.335 e. The van der Waals surface area contributed by atoms with Gasteiger partial charge in [0.05, 0.1) is 29.1 Å². The molecule has 4 aromatic rings. The number of nitrogens with zero attached hydrogens (tertiary/aromatic N) is 4. The minimum Gasteiger partial charge on any atom is -0.452 e. The zero-order valence-electron chi connectivity index (χ0n) is 23.9. The maximum absolute atomic E-state index is 15.3. The van der Waals surface area contributed by atoms with Crippen molar-refractivity contribution in [1.29, 1.82) is 0 Å². The highest BCUT2D eigenvalue weighted by molar-refractivity contribution is 7.91. The number of aromatic nitrogens is 3. The Hall–Kier alpha value is -5.31. The molecule has 2 aromatic heterocycles. The van der Waals surface area contributed by atoms with Gasteiger partial charge in [-0.15, -0.1) is 0 Å². The van der Waals surface area contributed by atoms with E-state index in [1.165, 1.54) is 36.5 Å². The van der Waals surface area contributed by atoms with E-state index < -0.39 is 44.2 Å². The lowest BCUT2D eigenvalue weighted by Gasteiger charge is -2.28. The van der Waals surface area contributed by atoms with Crippen LogP contribution >= 0.6 is 0 Å². The lowest BCUT2D eigenvalue weighted by atomic mass is 10.2. The van der Waals surface area contributed by atoms with E-state index in [1.54, 1.807) is 19.2 Å². The van der Waals surface area contributed by atoms with Gasteiger partial charge in [-0.05, 0) is 55.6 Å². The predicted octanol–water partition coefficient (Wildman–Crippen LogP) is 2.90. The molecule has 1 aliphatic rings. The summed E-state index contributed by atoms with van der Waals surface area (Å²) < 4.78 is 60.1. The van der Waals surface area contributed by atoms with Crippen molar-refractivity contribution >= 4 is 33.2 Å². The lowest BCUT2D eigenvalue weighted by molar-refractivity contribution is 0.102. The second-order valence-corrected chi connectivity index (χ2v) is 12.3. The molecule has 15 heteroatoms. The van der Waals surface area contributed by atoms with Gasteiger partial charge in [0.2, 0.25) is 0 Å². The van der Waals surface area contributed by atoms with Gasteiger partial charge >= 0.3 is 5.69 Å². The first-order chi connectivity index (χ1) is 21.5. The number of benzene rings is 2. The number of nitrogens with two attached hydrogens (primary N) is 1. The fourth-order valence-electron chi connectivity index (χ4n) is 4.67. The van der Waals surface area contributed by atoms with Crippen LogP contribution in [0, 0.1) is 11.6 Å². The molecular formula is C30H28F2N6O6S. The Bertz CT molecular complexity index is 2010. The number of nitrogens with one attached hydrogen (secondary N) is 1. The fourth-order valence-corrected chi connectivity index (χ4v) is 5.87. The second kappa shape index (κ2) is 12.7. The van der Waals surface area contributed by atoms with Gasteiger partial charge in [0, 0.05) is 43.7 Å². The molecule has 1 fully saturated rings. The van der Waals surface area contributed by atoms with Gasteiger partial charge in [0.15, 0.2) is 27.2 Å². The number of rotatable bonds is 8. The first-order valence-corrected chi connectivity index (χ1v) is 15.6. The summed E-state index contributed by atoms with van der Waals surface area (Å²) in [5, 5.41) is 2.46. The van der Waals surface area contributed by atoms with Crippen molar-refractivity contribution in [2.45, 2.75) is 13.5 Å². The Morgan fingerprint density at radius 1 is 1.04 bits per heavy atom. The normalized spacial score (nSPS) is 14.4. The molecule has 12 nitrogen and oxygen atoms in total. The van der Waals surface area contributed by atoms with E-state index >= 15 is 4.39 Å². The van der Waals surface area contributed by atoms with Gasteiger partial charge in [0.1, 0.15) is 17.1 Å². The maximum atomic E-state index is 15.3. The zero-order chi connectivity index (χ0) is 32.3. The molecule has 1 amide bonds. The Balaban J connectivity index is 1.40. The highest BCUT2D eigenvalue weighted by Gasteiger charge is 2.23. The van der Waals surface area contributed by atoms with Crippen molar-refractivity contribution in [3.63, 3.8) is 0 Å². The van der Waals surface area contributed by atoms with Gasteiger partial charge < -0.3 is 20.7 Å². The number of ether oxygens (including phenoxy) is 1. The highest BCUT2D eigenvalue weighted by atomic mass is 32.2. The average Bonchev–Trinajstić information content (AvgIpc) is 3.00. The number of anilines is 2. The van der Waals surface area contributed by atoms with E-state index in [1.807, 2.05) is 4.90 Å². The molecule has 45 heavy (non-hydrogen) atoms. The number of hydrogen-bond donors (Lipinski definition) is 2. The maximum Gasteiger partial charge on any atom is 0.335 e. The van der Waals surface area contributed by atoms with E-state index in [4.69, 9.17) is 10.5 Å². The SMILES string of the molecule is CCn1cc(C(=O)Nc2ccc(Oc3cc(N4CCS(=O)(=O)CC4)cnc3C=CN)c(F)c2)c(=O)n(-c2ccc(F)cc2)c1=O. The van der Waals surface area contributed by atoms with Crippen molar-refractivity contribution in [3.8, 4) is 17.2 Å². The largest absolute Gasteiger partial charge is 0.452 e. The zero-order valence-corrected chi connectivity index (χ0v) is 24.8. The first kappa shape index (κ1) is 31.1. The predicted molar refractivity (Wildman–Crippen MR) is 165 cm³/mol. The molecule has 3 N–H and O–H groups in total. The van der Waals surface area contributed by atoms with Crippen LogP contribution in [0.4, 0.5) is 20.2 Å². The number of amides is 1. The van der Waals surface area contributed by atoms with Crippen LogP contribution in [0.5, 0.6) is 11.5 Å². The Labute approximate surface area is 255 Å². The topological polar surface area (TPSA) is 159 Å². The second-order valence-electron chi connectivity index (χ2n) is 10.0. The molecule has 0 atom stereocenters. The fraction of sp³-hybridized carbons (Fsp3) is 0.200. The van der Waals surface area contributed by atoms with Gasteiger partial charge in [-0.25, -0.2) is 26.6 Å². The highest BCUT2D eigenvalue weighted by Crippen LogP contribution is 2.32. The molecule has 0 spiro atoms. The third kappa shape index (κ3) is 6.77. The van der Waals surface area contributed by atoms with E-state index in [9.17, 15) is 27.2 Å². The Morgan fingerprint density at radius 2 is 1.76 bits per heavy atom. The molecule has 3 heterocycles. The van der Waals surface area contributed by atoms with E-state index in [2.05, 4.69) is 10.3 Å². The van der Waals surface area contributed by atoms with Crippen molar-refractivity contribution in [2.24, 2.45) is 5.73 Å². The summed E-state index contributed by atoms with van der Waals surface area (Å²) in [4.78, 5) is 45.4. The summed E-state index contributed by atoms with van der Waals surface area (Å²) in [7, 11) is -3.11. The van der Waals surface area contributed by atoms with Crippen LogP contribution in [0.2, 0.25) is 0 Å². The minimum absolute atomic E-state index is 0.00434. The molecule has 0 saturated carbocycles. The number of halogens is 2. The van der Waals surface area contributed by atoms with Crippen molar-refractivity contribution in [1.82, 2.24) is 14.1 Å². The number of aryl methyl sites for hydroxylation is 1. The van der Waals surface area contributed by atoms with E-state index in [0.717, 1.165) is 33.5 Å². The summed E-state index contributed by atoms with van der Waals surface area (Å²) in [6, 6.07) is 9.87. The monoisotopic (exact) mass is 638 g/mol. The number of hydrogen-bond acceptors (Lipinski definition) is 9. The molecule has 0 radical (unpaired) electrons. The number of sulfone groups is 1. The Morgan fingerprint density at radius 3 is 2.40 bits per heavy atom. The number of pyridine rings is 1. The molecular weight excluding hydrogens is 610 g/mol. The van der Waals surface area contributed by atoms with Crippen molar-refractivity contribution in [3.05, 3.63) is 111 Å². The molecule has 1 aliphatic heterocycles. The lowest BCUT2D eigenvalue weighted by Crippen LogP contribution is -2.42. The summed E-state index contributed by atoms with van der Waals surface area (Å²) >= 11 is 0. The third-order valence-corrected chi connectivity index (χ3v) is 8.68. The first-order valence-electron chi connectivity index (χ1n) is 13.7. The van der Waals surface area contributed by atoms with Crippen molar-refractivity contribution < 1.29 is 26.7 Å². The van der Waals surface area contributed by atoms with Gasteiger partial charge in [-0.1, -0.05) is 0 Å². The van der Waals surface area contributed by atoms with Gasteiger partial charge in [0.25, 0.3) is 11.5 Å². The van der Waals surface area contributed by atoms with Crippen LogP contribution in [-0.4, -0.2) is 53.0 Å². The number of carbonyl (C=O) groups is 1. The summed E-state index contributed by atoms with van der Waals surface area (Å²) in [6.07, 6.45) is 5.35. The molecule has 234 valence electrons. The standard InChI is InChI=1S/C30H28F2N6O6S/c1-2-36-18-23(29(40)38(30(36)41)21-6-3-19(31)4-7-21)28(39)35-20-5-8-26(24(32)15-20)44-27-16-22(17-34-25(27)9-10-33)37-11-13-45(42,43)14-12-37/h3-10,15-18H,2,11-14,33H2,1H3,(H,35,39). The van der Waals surface area contributed by atoms with Crippen molar-refractivity contribution in [2.75, 3.05) is 34.8 Å². The van der Waals surface area contributed by atoms with Crippen LogP contribution in [0.1, 0.15) is 23.0 Å². The summed E-state index contributed by atoms with van der Waals surface area (Å²) in [5.41, 5.74) is 4.44. The minimum atomic E-state index is -3.11. The van der Waals surface area contributed by atoms with Gasteiger partial charge in [-0.3, -0.25) is 19.1 Å². The quantitative estimate of drug-likeness (QED) is 0.296. The van der Waals surface area contributed by atoms with Gasteiger partial charge in [-0.2, -0.15) is 0 Å². The van der Waals surface area contributed by atoms with Crippen LogP contribution < -0.4 is 31.9 Å². The Kier molecular flexibility index (Phi) is 8.81. The summed E-state index contributed by atoms with van der Waals surface area (Å²) in [6.45, 7) is 2.31. The molecule has 1 saturated heterocycles. The summed E-state index contributed by atoms with van der Waals surface area (Å²) in [5.74, 6) is -2.39. The molecule has 5 rings (SSSR count). The van der Waals surface area contributed by atoms with E-state index in [0.29, 0.717) is 11.4 Å². The average molecular weight is 639 g/mol. The third-order valence-electron chi connectivity index (χ3n) is 7.07.